The van der Waals surface area contributed by atoms with E-state index in [0.29, 0.717) is 19.6 Å². The van der Waals surface area contributed by atoms with Gasteiger partial charge in [0.15, 0.2) is 5.76 Å². The molecular weight excluding hydrogens is 396 g/mol. The zero-order valence-electron chi connectivity index (χ0n) is 16.0. The monoisotopic (exact) mass is 422 g/mol. The fourth-order valence-electron chi connectivity index (χ4n) is 3.01. The number of carbonyl (C=O) groups is 1. The van der Waals surface area contributed by atoms with Crippen molar-refractivity contribution in [2.75, 3.05) is 25.4 Å². The fourth-order valence-corrected chi connectivity index (χ4v) is 5.26. The van der Waals surface area contributed by atoms with Crippen LogP contribution in [0.2, 0.25) is 0 Å². The van der Waals surface area contributed by atoms with Crippen LogP contribution < -0.4 is 5.32 Å². The predicted octanol–water partition coefficient (Wildman–Crippen LogP) is 3.43. The molecule has 2 heterocycles. The van der Waals surface area contributed by atoms with E-state index in [1.54, 1.807) is 11.8 Å². The number of sulfonamides is 1. The molecule has 152 valence electrons. The van der Waals surface area contributed by atoms with Crippen molar-refractivity contribution in [2.45, 2.75) is 37.0 Å². The molecule has 1 amide bonds. The van der Waals surface area contributed by atoms with Crippen LogP contribution in [0.1, 0.15) is 40.9 Å². The second-order valence-electron chi connectivity index (χ2n) is 6.88. The van der Waals surface area contributed by atoms with Crippen molar-refractivity contribution in [1.29, 1.82) is 0 Å². The minimum atomic E-state index is -3.66. The van der Waals surface area contributed by atoms with E-state index in [-0.39, 0.29) is 10.9 Å². The largest absolute Gasteiger partial charge is 0.438 e. The summed E-state index contributed by atoms with van der Waals surface area (Å²) in [5, 5.41) is 2.62. The number of furan rings is 1. The first-order valence-corrected chi connectivity index (χ1v) is 12.1. The summed E-state index contributed by atoms with van der Waals surface area (Å²) in [5.41, 5.74) is 2.49. The van der Waals surface area contributed by atoms with Crippen LogP contribution in [0.3, 0.4) is 0 Å². The highest BCUT2D eigenvalue weighted by molar-refractivity contribution is 7.98. The molecule has 1 aromatic heterocycles. The molecule has 0 atom stereocenters. The molecule has 0 spiro atoms. The van der Waals surface area contributed by atoms with Crippen LogP contribution in [0.4, 0.5) is 0 Å². The van der Waals surface area contributed by atoms with Gasteiger partial charge in [-0.05, 0) is 37.5 Å². The van der Waals surface area contributed by atoms with Crippen LogP contribution in [-0.4, -0.2) is 44.0 Å². The zero-order valence-corrected chi connectivity index (χ0v) is 17.7. The molecule has 1 saturated heterocycles. The summed E-state index contributed by atoms with van der Waals surface area (Å²) in [6, 6.07) is 11.2. The molecule has 1 N–H and O–H groups in total. The van der Waals surface area contributed by atoms with Gasteiger partial charge in [0.25, 0.3) is 15.9 Å². The number of carbonyl (C=O) groups excluding carboxylic acids is 1. The summed E-state index contributed by atoms with van der Waals surface area (Å²) >= 11 is 1.73. The highest BCUT2D eigenvalue weighted by Crippen LogP contribution is 2.22. The van der Waals surface area contributed by atoms with Crippen LogP contribution in [0.15, 0.2) is 45.9 Å². The quantitative estimate of drug-likeness (QED) is 0.660. The topological polar surface area (TPSA) is 79.6 Å². The van der Waals surface area contributed by atoms with E-state index < -0.39 is 15.9 Å². The van der Waals surface area contributed by atoms with Gasteiger partial charge in [0, 0.05) is 31.1 Å². The van der Waals surface area contributed by atoms with Gasteiger partial charge in [0.2, 0.25) is 5.09 Å². The van der Waals surface area contributed by atoms with Crippen molar-refractivity contribution in [1.82, 2.24) is 9.62 Å². The Morgan fingerprint density at radius 3 is 2.54 bits per heavy atom. The van der Waals surface area contributed by atoms with E-state index in [9.17, 15) is 13.2 Å². The first-order valence-electron chi connectivity index (χ1n) is 9.48. The molecule has 0 aliphatic carbocycles. The number of hydrogen-bond acceptors (Lipinski definition) is 5. The van der Waals surface area contributed by atoms with Crippen molar-refractivity contribution < 1.29 is 17.6 Å². The smallest absolute Gasteiger partial charge is 0.287 e. The van der Waals surface area contributed by atoms with E-state index >= 15 is 0 Å². The summed E-state index contributed by atoms with van der Waals surface area (Å²) in [6.07, 6.45) is 2.75. The maximum atomic E-state index is 12.6. The van der Waals surface area contributed by atoms with Gasteiger partial charge < -0.3 is 9.73 Å². The number of aryl methyl sites for hydroxylation is 1. The van der Waals surface area contributed by atoms with E-state index in [4.69, 9.17) is 4.42 Å². The number of amides is 1. The second kappa shape index (κ2) is 9.62. The number of nitrogens with one attached hydrogen (secondary N) is 1. The van der Waals surface area contributed by atoms with E-state index in [1.807, 2.05) is 0 Å². The van der Waals surface area contributed by atoms with Gasteiger partial charge in [0.05, 0.1) is 0 Å². The number of nitrogens with zero attached hydrogens (tertiary/aromatic N) is 1. The van der Waals surface area contributed by atoms with E-state index in [0.717, 1.165) is 30.8 Å². The minimum absolute atomic E-state index is 0.0270. The lowest BCUT2D eigenvalue weighted by atomic mass is 10.2. The summed E-state index contributed by atoms with van der Waals surface area (Å²) in [6.45, 7) is 3.56. The van der Waals surface area contributed by atoms with Gasteiger partial charge in [-0.1, -0.05) is 36.2 Å². The Morgan fingerprint density at radius 1 is 1.11 bits per heavy atom. The third-order valence-corrected chi connectivity index (χ3v) is 7.44. The predicted molar refractivity (Wildman–Crippen MR) is 111 cm³/mol. The normalized spacial score (nSPS) is 15.5. The molecule has 1 fully saturated rings. The number of rotatable bonds is 8. The Labute approximate surface area is 170 Å². The number of thioether (sulfide) groups is 1. The highest BCUT2D eigenvalue weighted by atomic mass is 32.2. The average molecular weight is 423 g/mol. The van der Waals surface area contributed by atoms with Gasteiger partial charge in [-0.2, -0.15) is 16.1 Å². The lowest BCUT2D eigenvalue weighted by Gasteiger charge is -2.24. The van der Waals surface area contributed by atoms with Gasteiger partial charge in [-0.25, -0.2) is 8.42 Å². The molecular formula is C20H26N2O4S2. The Morgan fingerprint density at radius 2 is 1.82 bits per heavy atom. The lowest BCUT2D eigenvalue weighted by molar-refractivity contribution is 0.0923. The Balaban J connectivity index is 1.45. The SMILES string of the molecule is Cc1ccc(CSCCNC(=O)c2ccc(S(=O)(=O)N3CCCCC3)o2)cc1. The third kappa shape index (κ3) is 5.40. The van der Waals surface area contributed by atoms with E-state index in [1.165, 1.54) is 27.6 Å². The van der Waals surface area contributed by atoms with Crippen LogP contribution in [-0.2, 0) is 15.8 Å². The number of piperidine rings is 1. The first-order chi connectivity index (χ1) is 13.5. The fraction of sp³-hybridized carbons (Fsp3) is 0.450. The number of hydrogen-bond donors (Lipinski definition) is 1. The van der Waals surface area contributed by atoms with Crippen molar-refractivity contribution in [3.8, 4) is 0 Å². The first kappa shape index (κ1) is 21.0. The number of benzene rings is 1. The van der Waals surface area contributed by atoms with Gasteiger partial charge in [-0.3, -0.25) is 4.79 Å². The molecule has 6 nitrogen and oxygen atoms in total. The Bertz CT molecular complexity index is 885. The van der Waals surface area contributed by atoms with Gasteiger partial charge in [0.1, 0.15) is 0 Å². The molecule has 1 aliphatic rings. The molecule has 0 unspecified atom stereocenters. The molecule has 28 heavy (non-hydrogen) atoms. The lowest BCUT2D eigenvalue weighted by Crippen LogP contribution is -2.35. The molecule has 8 heteroatoms. The van der Waals surface area contributed by atoms with Crippen molar-refractivity contribution in [3.63, 3.8) is 0 Å². The van der Waals surface area contributed by atoms with Crippen LogP contribution in [0.25, 0.3) is 0 Å². The third-order valence-electron chi connectivity index (χ3n) is 4.64. The van der Waals surface area contributed by atoms with Crippen LogP contribution in [0, 0.1) is 6.92 Å². The highest BCUT2D eigenvalue weighted by Gasteiger charge is 2.29. The summed E-state index contributed by atoms with van der Waals surface area (Å²) in [7, 11) is -3.66. The Hall–Kier alpha value is -1.77. The molecule has 0 radical (unpaired) electrons. The van der Waals surface area contributed by atoms with Crippen LogP contribution >= 0.6 is 11.8 Å². The van der Waals surface area contributed by atoms with Crippen molar-refractivity contribution in [3.05, 3.63) is 53.3 Å². The standard InChI is InChI=1S/C20H26N2O4S2/c1-16-5-7-17(8-6-16)15-27-14-11-21-20(23)18-9-10-19(26-18)28(24,25)22-12-3-2-4-13-22/h5-10H,2-4,11-15H2,1H3,(H,21,23). The molecule has 0 bridgehead atoms. The molecule has 1 aromatic carbocycles. The summed E-state index contributed by atoms with van der Waals surface area (Å²) in [5.74, 6) is 1.28. The molecule has 1 aliphatic heterocycles. The second-order valence-corrected chi connectivity index (χ2v) is 9.85. The van der Waals surface area contributed by atoms with Gasteiger partial charge >= 0.3 is 0 Å². The molecule has 3 rings (SSSR count). The maximum absolute atomic E-state index is 12.6. The minimum Gasteiger partial charge on any atom is -0.438 e. The van der Waals surface area contributed by atoms with Gasteiger partial charge in [-0.15, -0.1) is 0 Å². The summed E-state index contributed by atoms with van der Waals surface area (Å²) < 4.78 is 31.9. The van der Waals surface area contributed by atoms with Crippen LogP contribution in [0.5, 0.6) is 0 Å². The molecule has 0 saturated carbocycles. The van der Waals surface area contributed by atoms with Crippen molar-refractivity contribution in [2.24, 2.45) is 0 Å². The Kier molecular flexibility index (Phi) is 7.20. The average Bonchev–Trinajstić information content (AvgIpc) is 3.21. The molecule has 2 aromatic rings. The van der Waals surface area contributed by atoms with E-state index in [2.05, 4.69) is 36.5 Å². The maximum Gasteiger partial charge on any atom is 0.287 e. The van der Waals surface area contributed by atoms with Crippen molar-refractivity contribution >= 4 is 27.7 Å². The summed E-state index contributed by atoms with van der Waals surface area (Å²) in [4.78, 5) is 12.2. The zero-order chi connectivity index (χ0) is 20.0.